The Bertz CT molecular complexity index is 627. The predicted octanol–water partition coefficient (Wildman–Crippen LogP) is 3.18. The third-order valence-corrected chi connectivity index (χ3v) is 4.01. The number of aromatic nitrogens is 1. The zero-order valence-corrected chi connectivity index (χ0v) is 11.6. The van der Waals surface area contributed by atoms with Crippen LogP contribution in [0.25, 0.3) is 10.9 Å². The number of amides is 1. The van der Waals surface area contributed by atoms with Gasteiger partial charge in [-0.3, -0.25) is 4.79 Å². The first kappa shape index (κ1) is 13.0. The molecule has 1 aliphatic carbocycles. The molecule has 1 amide bonds. The van der Waals surface area contributed by atoms with E-state index in [0.717, 1.165) is 31.2 Å². The molecule has 0 radical (unpaired) electrons. The molecule has 3 rings (SSSR count). The van der Waals surface area contributed by atoms with Gasteiger partial charge in [-0.2, -0.15) is 0 Å². The van der Waals surface area contributed by atoms with Gasteiger partial charge in [-0.25, -0.2) is 0 Å². The lowest BCUT2D eigenvalue weighted by Gasteiger charge is -2.17. The third-order valence-electron chi connectivity index (χ3n) is 4.01. The molecule has 0 bridgehead atoms. The van der Waals surface area contributed by atoms with Crippen molar-refractivity contribution in [2.45, 2.75) is 25.7 Å². The van der Waals surface area contributed by atoms with E-state index in [0.29, 0.717) is 6.54 Å². The van der Waals surface area contributed by atoms with Gasteiger partial charge in [-0.15, -0.1) is 0 Å². The Balaban J connectivity index is 1.54. The summed E-state index contributed by atoms with van der Waals surface area (Å²) in [6.45, 7) is 0.709. The van der Waals surface area contributed by atoms with E-state index in [9.17, 15) is 4.79 Å². The lowest BCUT2D eigenvalue weighted by atomic mass is 9.93. The molecule has 0 fully saturated rings. The Labute approximate surface area is 119 Å². The van der Waals surface area contributed by atoms with Crippen LogP contribution in [0.3, 0.4) is 0 Å². The number of H-pyrrole nitrogens is 1. The Morgan fingerprint density at radius 3 is 3.05 bits per heavy atom. The number of carbonyl (C=O) groups is 1. The van der Waals surface area contributed by atoms with Crippen LogP contribution >= 0.6 is 0 Å². The number of hydrogen-bond donors (Lipinski definition) is 2. The molecule has 0 aliphatic heterocycles. The Morgan fingerprint density at radius 2 is 2.20 bits per heavy atom. The summed E-state index contributed by atoms with van der Waals surface area (Å²) in [6.07, 6.45) is 10.1. The van der Waals surface area contributed by atoms with Gasteiger partial charge < -0.3 is 10.3 Å². The topological polar surface area (TPSA) is 44.9 Å². The van der Waals surface area contributed by atoms with Crippen molar-refractivity contribution in [1.82, 2.24) is 10.3 Å². The number of fused-ring (bicyclic) bond motifs is 1. The number of hydrogen-bond acceptors (Lipinski definition) is 1. The summed E-state index contributed by atoms with van der Waals surface area (Å²) in [4.78, 5) is 15.3. The fourth-order valence-corrected chi connectivity index (χ4v) is 2.83. The summed E-state index contributed by atoms with van der Waals surface area (Å²) in [7, 11) is 0. The second kappa shape index (κ2) is 5.95. The van der Waals surface area contributed by atoms with Crippen molar-refractivity contribution in [2.24, 2.45) is 5.92 Å². The summed E-state index contributed by atoms with van der Waals surface area (Å²) in [5, 5.41) is 4.32. The van der Waals surface area contributed by atoms with Crippen molar-refractivity contribution >= 4 is 16.8 Å². The molecule has 104 valence electrons. The summed E-state index contributed by atoms with van der Waals surface area (Å²) < 4.78 is 0. The van der Waals surface area contributed by atoms with Crippen LogP contribution in [0, 0.1) is 5.92 Å². The fraction of sp³-hybridized carbons (Fsp3) is 0.353. The minimum absolute atomic E-state index is 0.169. The molecule has 1 atom stereocenters. The van der Waals surface area contributed by atoms with Crippen LogP contribution < -0.4 is 5.32 Å². The number of para-hydroxylation sites is 1. The molecule has 20 heavy (non-hydrogen) atoms. The van der Waals surface area contributed by atoms with Crippen molar-refractivity contribution in [3.8, 4) is 0 Å². The highest BCUT2D eigenvalue weighted by molar-refractivity contribution is 5.83. The van der Waals surface area contributed by atoms with Gasteiger partial charge in [0, 0.05) is 29.6 Å². The minimum Gasteiger partial charge on any atom is -0.361 e. The predicted molar refractivity (Wildman–Crippen MR) is 81.5 cm³/mol. The lowest BCUT2D eigenvalue weighted by Crippen LogP contribution is -2.32. The SMILES string of the molecule is O=C(NCCc1c[nH]c2ccccc12)[C@H]1CC=CCC1. The number of rotatable bonds is 4. The molecule has 2 N–H and O–H groups in total. The van der Waals surface area contributed by atoms with Gasteiger partial charge in [0.25, 0.3) is 0 Å². The molecular formula is C17H20N2O. The van der Waals surface area contributed by atoms with Gasteiger partial charge in [0.15, 0.2) is 0 Å². The Hall–Kier alpha value is -2.03. The van der Waals surface area contributed by atoms with Crippen LogP contribution in [0.4, 0.5) is 0 Å². The van der Waals surface area contributed by atoms with E-state index >= 15 is 0 Å². The summed E-state index contributed by atoms with van der Waals surface area (Å²) in [5.41, 5.74) is 2.43. The maximum Gasteiger partial charge on any atom is 0.223 e. The first-order valence-corrected chi connectivity index (χ1v) is 7.32. The van der Waals surface area contributed by atoms with E-state index in [1.165, 1.54) is 10.9 Å². The largest absolute Gasteiger partial charge is 0.361 e. The van der Waals surface area contributed by atoms with Gasteiger partial charge in [0.2, 0.25) is 5.91 Å². The smallest absolute Gasteiger partial charge is 0.223 e. The van der Waals surface area contributed by atoms with Gasteiger partial charge in [-0.1, -0.05) is 30.4 Å². The van der Waals surface area contributed by atoms with Crippen LogP contribution in [0.2, 0.25) is 0 Å². The summed E-state index contributed by atoms with van der Waals surface area (Å²) >= 11 is 0. The maximum atomic E-state index is 12.0. The zero-order chi connectivity index (χ0) is 13.8. The van der Waals surface area contributed by atoms with Crippen molar-refractivity contribution in [2.75, 3.05) is 6.54 Å². The van der Waals surface area contributed by atoms with E-state index in [4.69, 9.17) is 0 Å². The summed E-state index contributed by atoms with van der Waals surface area (Å²) in [5.74, 6) is 0.372. The quantitative estimate of drug-likeness (QED) is 0.822. The van der Waals surface area contributed by atoms with E-state index in [1.807, 2.05) is 18.3 Å². The van der Waals surface area contributed by atoms with Crippen LogP contribution in [0.15, 0.2) is 42.6 Å². The maximum absolute atomic E-state index is 12.0. The Kier molecular flexibility index (Phi) is 3.86. The normalized spacial score (nSPS) is 18.3. The molecule has 3 nitrogen and oxygen atoms in total. The van der Waals surface area contributed by atoms with Gasteiger partial charge in [0.05, 0.1) is 0 Å². The standard InChI is InChI=1S/C17H20N2O/c20-17(13-6-2-1-3-7-13)18-11-10-14-12-19-16-9-5-4-8-15(14)16/h1-2,4-5,8-9,12-13,19H,3,6-7,10-11H2,(H,18,20)/t13-/m0/s1. The molecule has 0 saturated heterocycles. The van der Waals surface area contributed by atoms with Crippen LogP contribution in [-0.4, -0.2) is 17.4 Å². The van der Waals surface area contributed by atoms with E-state index in [2.05, 4.69) is 34.6 Å². The molecule has 0 spiro atoms. The first-order valence-electron chi connectivity index (χ1n) is 7.32. The number of carbonyl (C=O) groups excluding carboxylic acids is 1. The number of nitrogens with one attached hydrogen (secondary N) is 2. The number of benzene rings is 1. The highest BCUT2D eigenvalue weighted by atomic mass is 16.1. The molecule has 0 unspecified atom stereocenters. The van der Waals surface area contributed by atoms with Gasteiger partial charge in [-0.05, 0) is 37.3 Å². The van der Waals surface area contributed by atoms with Crippen molar-refractivity contribution in [3.63, 3.8) is 0 Å². The number of aromatic amines is 1. The van der Waals surface area contributed by atoms with E-state index in [-0.39, 0.29) is 11.8 Å². The van der Waals surface area contributed by atoms with E-state index < -0.39 is 0 Å². The second-order valence-corrected chi connectivity index (χ2v) is 5.38. The van der Waals surface area contributed by atoms with E-state index in [1.54, 1.807) is 0 Å². The highest BCUT2D eigenvalue weighted by Crippen LogP contribution is 2.19. The Morgan fingerprint density at radius 1 is 1.30 bits per heavy atom. The van der Waals surface area contributed by atoms with Gasteiger partial charge >= 0.3 is 0 Å². The monoisotopic (exact) mass is 268 g/mol. The van der Waals surface area contributed by atoms with Crippen LogP contribution in [0.5, 0.6) is 0 Å². The molecule has 3 heteroatoms. The van der Waals surface area contributed by atoms with Crippen molar-refractivity contribution < 1.29 is 4.79 Å². The van der Waals surface area contributed by atoms with Crippen molar-refractivity contribution in [1.29, 1.82) is 0 Å². The molecule has 1 aliphatic rings. The molecule has 1 aromatic carbocycles. The highest BCUT2D eigenvalue weighted by Gasteiger charge is 2.17. The van der Waals surface area contributed by atoms with Crippen molar-refractivity contribution in [3.05, 3.63) is 48.2 Å². The molecular weight excluding hydrogens is 248 g/mol. The zero-order valence-electron chi connectivity index (χ0n) is 11.6. The first-order chi connectivity index (χ1) is 9.84. The van der Waals surface area contributed by atoms with Crippen LogP contribution in [0.1, 0.15) is 24.8 Å². The lowest BCUT2D eigenvalue weighted by molar-refractivity contribution is -0.125. The van der Waals surface area contributed by atoms with Gasteiger partial charge in [0.1, 0.15) is 0 Å². The molecule has 2 aromatic rings. The fourth-order valence-electron chi connectivity index (χ4n) is 2.83. The average molecular weight is 268 g/mol. The summed E-state index contributed by atoms with van der Waals surface area (Å²) in [6, 6.07) is 8.27. The average Bonchev–Trinajstić information content (AvgIpc) is 2.92. The molecule has 1 aromatic heterocycles. The molecule has 1 heterocycles. The molecule has 0 saturated carbocycles. The van der Waals surface area contributed by atoms with Crippen LogP contribution in [-0.2, 0) is 11.2 Å². The number of allylic oxidation sites excluding steroid dienone is 2. The minimum atomic E-state index is 0.169. The third kappa shape index (κ3) is 2.77. The second-order valence-electron chi connectivity index (χ2n) is 5.38.